The molecule has 0 unspecified atom stereocenters. The molecule has 2 aromatic heterocycles. The van der Waals surface area contributed by atoms with Gasteiger partial charge < -0.3 is 15.5 Å². The highest BCUT2D eigenvalue weighted by Crippen LogP contribution is 2.18. The second-order valence-electron chi connectivity index (χ2n) is 7.56. The predicted octanol–water partition coefficient (Wildman–Crippen LogP) is 3.13. The Labute approximate surface area is 200 Å². The van der Waals surface area contributed by atoms with E-state index in [2.05, 4.69) is 71.9 Å². The number of anilines is 1. The van der Waals surface area contributed by atoms with E-state index < -0.39 is 0 Å². The van der Waals surface area contributed by atoms with Gasteiger partial charge in [-0.1, -0.05) is 24.3 Å². The SMILES string of the molecule is CN=C(NCc1cccc(-c2ncn[nH]2)c1)NC1CCN(c2ccc(C)cn2)CC1.I. The summed E-state index contributed by atoms with van der Waals surface area (Å²) in [7, 11) is 1.81. The van der Waals surface area contributed by atoms with Gasteiger partial charge in [0.25, 0.3) is 0 Å². The van der Waals surface area contributed by atoms with E-state index in [1.807, 2.05) is 25.4 Å². The third kappa shape index (κ3) is 6.16. The molecule has 4 rings (SSSR count). The summed E-state index contributed by atoms with van der Waals surface area (Å²) in [5.74, 6) is 2.66. The highest BCUT2D eigenvalue weighted by atomic mass is 127. The monoisotopic (exact) mass is 532 g/mol. The topological polar surface area (TPSA) is 94.1 Å². The van der Waals surface area contributed by atoms with Gasteiger partial charge in [0, 0.05) is 44.5 Å². The minimum absolute atomic E-state index is 0. The number of piperidine rings is 1. The lowest BCUT2D eigenvalue weighted by atomic mass is 10.1. The van der Waals surface area contributed by atoms with Gasteiger partial charge >= 0.3 is 0 Å². The summed E-state index contributed by atoms with van der Waals surface area (Å²) < 4.78 is 0. The molecule has 3 N–H and O–H groups in total. The minimum Gasteiger partial charge on any atom is -0.356 e. The number of guanidine groups is 1. The molecule has 9 heteroatoms. The standard InChI is InChI=1S/C22H28N8.HI/c1-16-6-7-20(24-13-16)30-10-8-19(9-11-30)28-22(23-2)25-14-17-4-3-5-18(12-17)21-26-15-27-29-21;/h3-7,12-13,15,19H,8-11,14H2,1-2H3,(H2,23,25,28)(H,26,27,29);1H. The first-order valence-electron chi connectivity index (χ1n) is 10.3. The summed E-state index contributed by atoms with van der Waals surface area (Å²) in [6.45, 7) is 4.73. The normalized spacial score (nSPS) is 14.8. The van der Waals surface area contributed by atoms with E-state index in [1.165, 1.54) is 11.9 Å². The van der Waals surface area contributed by atoms with E-state index >= 15 is 0 Å². The molecule has 1 aliphatic rings. The fourth-order valence-corrected chi connectivity index (χ4v) is 3.65. The number of aliphatic imine (C=N–C) groups is 1. The Kier molecular flexibility index (Phi) is 8.21. The number of hydrogen-bond acceptors (Lipinski definition) is 5. The fourth-order valence-electron chi connectivity index (χ4n) is 3.65. The molecule has 3 aromatic rings. The van der Waals surface area contributed by atoms with Crippen molar-refractivity contribution in [1.29, 1.82) is 0 Å². The Bertz CT molecular complexity index is 963. The van der Waals surface area contributed by atoms with Gasteiger partial charge in [-0.25, -0.2) is 9.97 Å². The molecule has 1 aromatic carbocycles. The third-order valence-corrected chi connectivity index (χ3v) is 5.35. The minimum atomic E-state index is 0. The maximum atomic E-state index is 4.55. The average molecular weight is 532 g/mol. The van der Waals surface area contributed by atoms with Crippen LogP contribution in [0.15, 0.2) is 53.9 Å². The quantitative estimate of drug-likeness (QED) is 0.266. The number of nitrogens with one attached hydrogen (secondary N) is 3. The molecule has 3 heterocycles. The van der Waals surface area contributed by atoms with E-state index in [0.29, 0.717) is 12.6 Å². The molecule has 0 spiro atoms. The van der Waals surface area contributed by atoms with E-state index in [1.54, 1.807) is 0 Å². The zero-order valence-electron chi connectivity index (χ0n) is 17.9. The smallest absolute Gasteiger partial charge is 0.191 e. The molecule has 0 saturated carbocycles. The number of pyridine rings is 1. The van der Waals surface area contributed by atoms with Gasteiger partial charge in [0.15, 0.2) is 11.8 Å². The molecule has 0 bridgehead atoms. The van der Waals surface area contributed by atoms with Crippen molar-refractivity contribution in [2.24, 2.45) is 4.99 Å². The number of nitrogens with zero attached hydrogens (tertiary/aromatic N) is 5. The number of halogens is 1. The molecule has 0 aliphatic carbocycles. The summed E-state index contributed by atoms with van der Waals surface area (Å²) in [6.07, 6.45) is 5.56. The zero-order valence-corrected chi connectivity index (χ0v) is 20.2. The summed E-state index contributed by atoms with van der Waals surface area (Å²) in [5.41, 5.74) is 3.37. The zero-order chi connectivity index (χ0) is 20.8. The highest BCUT2D eigenvalue weighted by Gasteiger charge is 2.20. The number of aryl methyl sites for hydroxylation is 1. The Morgan fingerprint density at radius 2 is 2.03 bits per heavy atom. The average Bonchev–Trinajstić information content (AvgIpc) is 3.33. The number of aromatic nitrogens is 4. The lowest BCUT2D eigenvalue weighted by Gasteiger charge is -2.33. The Balaban J connectivity index is 0.00000272. The van der Waals surface area contributed by atoms with Crippen LogP contribution in [0.3, 0.4) is 0 Å². The largest absolute Gasteiger partial charge is 0.356 e. The number of benzene rings is 1. The molecule has 1 saturated heterocycles. The number of H-pyrrole nitrogens is 1. The molecule has 0 radical (unpaired) electrons. The lowest BCUT2D eigenvalue weighted by Crippen LogP contribution is -2.48. The van der Waals surface area contributed by atoms with Gasteiger partial charge in [0.2, 0.25) is 0 Å². The summed E-state index contributed by atoms with van der Waals surface area (Å²) in [6, 6.07) is 12.9. The third-order valence-electron chi connectivity index (χ3n) is 5.35. The van der Waals surface area contributed by atoms with Crippen LogP contribution in [-0.4, -0.2) is 52.3 Å². The highest BCUT2D eigenvalue weighted by molar-refractivity contribution is 14.0. The van der Waals surface area contributed by atoms with Crippen molar-refractivity contribution in [2.45, 2.75) is 32.4 Å². The molecule has 0 atom stereocenters. The van der Waals surface area contributed by atoms with Gasteiger partial charge in [-0.2, -0.15) is 5.10 Å². The van der Waals surface area contributed by atoms with Gasteiger partial charge in [0.1, 0.15) is 12.1 Å². The van der Waals surface area contributed by atoms with Crippen LogP contribution >= 0.6 is 24.0 Å². The molecule has 1 fully saturated rings. The van der Waals surface area contributed by atoms with Crippen molar-refractivity contribution in [1.82, 2.24) is 30.8 Å². The van der Waals surface area contributed by atoms with Gasteiger partial charge in [-0.05, 0) is 43.0 Å². The molecule has 31 heavy (non-hydrogen) atoms. The number of aromatic amines is 1. The first-order valence-corrected chi connectivity index (χ1v) is 10.3. The molecule has 8 nitrogen and oxygen atoms in total. The Hall–Kier alpha value is -2.69. The maximum Gasteiger partial charge on any atom is 0.191 e. The van der Waals surface area contributed by atoms with Crippen LogP contribution < -0.4 is 15.5 Å². The van der Waals surface area contributed by atoms with Crippen molar-refractivity contribution in [3.8, 4) is 11.4 Å². The lowest BCUT2D eigenvalue weighted by molar-refractivity contribution is 0.459. The van der Waals surface area contributed by atoms with Crippen LogP contribution in [0.4, 0.5) is 5.82 Å². The van der Waals surface area contributed by atoms with Gasteiger partial charge in [-0.15, -0.1) is 24.0 Å². The second kappa shape index (κ2) is 11.1. The van der Waals surface area contributed by atoms with Gasteiger partial charge in [0.05, 0.1) is 0 Å². The molecular formula is C22H29IN8. The van der Waals surface area contributed by atoms with E-state index in [0.717, 1.165) is 54.7 Å². The maximum absolute atomic E-state index is 4.55. The van der Waals surface area contributed by atoms with Crippen LogP contribution in [-0.2, 0) is 6.54 Å². The van der Waals surface area contributed by atoms with Crippen molar-refractivity contribution in [2.75, 3.05) is 25.0 Å². The van der Waals surface area contributed by atoms with Crippen LogP contribution in [0.25, 0.3) is 11.4 Å². The summed E-state index contributed by atoms with van der Waals surface area (Å²) in [4.78, 5) is 15.5. The van der Waals surface area contributed by atoms with E-state index in [-0.39, 0.29) is 24.0 Å². The number of hydrogen-bond donors (Lipinski definition) is 3. The Morgan fingerprint density at radius 1 is 1.19 bits per heavy atom. The van der Waals surface area contributed by atoms with Crippen LogP contribution in [0.5, 0.6) is 0 Å². The fraction of sp³-hybridized carbons (Fsp3) is 0.364. The molecule has 0 amide bonds. The van der Waals surface area contributed by atoms with Crippen LogP contribution in [0.2, 0.25) is 0 Å². The van der Waals surface area contributed by atoms with Crippen LogP contribution in [0, 0.1) is 6.92 Å². The summed E-state index contributed by atoms with van der Waals surface area (Å²) >= 11 is 0. The first kappa shape index (κ1) is 23.0. The van der Waals surface area contributed by atoms with Crippen molar-refractivity contribution in [3.05, 3.63) is 60.0 Å². The van der Waals surface area contributed by atoms with Crippen LogP contribution in [0.1, 0.15) is 24.0 Å². The molecule has 164 valence electrons. The van der Waals surface area contributed by atoms with E-state index in [4.69, 9.17) is 0 Å². The number of rotatable bonds is 5. The van der Waals surface area contributed by atoms with Crippen molar-refractivity contribution >= 4 is 35.8 Å². The predicted molar refractivity (Wildman–Crippen MR) is 135 cm³/mol. The summed E-state index contributed by atoms with van der Waals surface area (Å²) in [5, 5.41) is 13.8. The van der Waals surface area contributed by atoms with Crippen molar-refractivity contribution < 1.29 is 0 Å². The van der Waals surface area contributed by atoms with E-state index in [9.17, 15) is 0 Å². The van der Waals surface area contributed by atoms with Crippen molar-refractivity contribution in [3.63, 3.8) is 0 Å². The Morgan fingerprint density at radius 3 is 2.71 bits per heavy atom. The second-order valence-corrected chi connectivity index (χ2v) is 7.56. The first-order chi connectivity index (χ1) is 14.7. The van der Waals surface area contributed by atoms with Gasteiger partial charge in [-0.3, -0.25) is 10.1 Å². The molecular weight excluding hydrogens is 503 g/mol. The molecule has 1 aliphatic heterocycles.